The molecule has 136 valence electrons. The average molecular weight is 379 g/mol. The Morgan fingerprint density at radius 1 is 1.30 bits per heavy atom. The summed E-state index contributed by atoms with van der Waals surface area (Å²) in [5.74, 6) is 1.24. The fourth-order valence-corrected chi connectivity index (χ4v) is 3.13. The predicted molar refractivity (Wildman–Crippen MR) is 103 cm³/mol. The Bertz CT molecular complexity index is 1010. The first-order valence-corrected chi connectivity index (χ1v) is 9.04. The van der Waals surface area contributed by atoms with Gasteiger partial charge in [-0.1, -0.05) is 12.1 Å². The van der Waals surface area contributed by atoms with E-state index in [0.717, 1.165) is 4.88 Å². The van der Waals surface area contributed by atoms with E-state index < -0.39 is 0 Å². The Hall–Kier alpha value is -3.30. The molecule has 0 fully saturated rings. The first kappa shape index (κ1) is 18.5. The second-order valence-electron chi connectivity index (χ2n) is 5.67. The number of carbonyl (C=O) groups excluding carboxylic acids is 1. The van der Waals surface area contributed by atoms with Crippen molar-refractivity contribution in [1.82, 2.24) is 0 Å². The van der Waals surface area contributed by atoms with Gasteiger partial charge in [0.05, 0.1) is 18.9 Å². The van der Waals surface area contributed by atoms with Crippen LogP contribution in [0, 0.1) is 18.3 Å². The van der Waals surface area contributed by atoms with E-state index in [9.17, 15) is 10.1 Å². The van der Waals surface area contributed by atoms with E-state index in [1.54, 1.807) is 49.6 Å². The SMILES string of the molecule is COc1cc(/C=C(\C#N)C(=O)c2ccoc2C)ccc1OCc1cccs1. The minimum Gasteiger partial charge on any atom is -0.493 e. The second kappa shape index (κ2) is 8.39. The molecule has 0 atom stereocenters. The lowest BCUT2D eigenvalue weighted by Gasteiger charge is -2.11. The van der Waals surface area contributed by atoms with E-state index in [0.29, 0.717) is 35.0 Å². The van der Waals surface area contributed by atoms with Gasteiger partial charge in [0.2, 0.25) is 5.78 Å². The number of nitriles is 1. The summed E-state index contributed by atoms with van der Waals surface area (Å²) < 4.78 is 16.3. The fourth-order valence-electron chi connectivity index (χ4n) is 2.52. The lowest BCUT2D eigenvalue weighted by atomic mass is 10.0. The molecule has 3 rings (SSSR count). The second-order valence-corrected chi connectivity index (χ2v) is 6.70. The number of ether oxygens (including phenoxy) is 2. The number of methoxy groups -OCH3 is 1. The standard InChI is InChI=1S/C21H17NO4S/c1-14-18(7-8-25-14)21(23)16(12-22)10-15-5-6-19(20(11-15)24-2)26-13-17-4-3-9-27-17/h3-11H,13H2,1-2H3/b16-10+. The van der Waals surface area contributed by atoms with Crippen LogP contribution in [0.4, 0.5) is 0 Å². The molecule has 0 unspecified atom stereocenters. The average Bonchev–Trinajstić information content (AvgIpc) is 3.35. The molecule has 0 saturated heterocycles. The quantitative estimate of drug-likeness (QED) is 0.327. The van der Waals surface area contributed by atoms with Crippen LogP contribution in [0.15, 0.2) is 58.0 Å². The maximum atomic E-state index is 12.5. The van der Waals surface area contributed by atoms with Crippen molar-refractivity contribution < 1.29 is 18.7 Å². The minimum absolute atomic E-state index is 0.0220. The summed E-state index contributed by atoms with van der Waals surface area (Å²) in [6, 6.07) is 12.8. The number of nitrogens with zero attached hydrogens (tertiary/aromatic N) is 1. The number of thiophene rings is 1. The number of allylic oxidation sites excluding steroid dienone is 1. The van der Waals surface area contributed by atoms with Crippen molar-refractivity contribution in [2.75, 3.05) is 7.11 Å². The molecule has 0 aliphatic heterocycles. The lowest BCUT2D eigenvalue weighted by molar-refractivity contribution is 0.103. The van der Waals surface area contributed by atoms with Gasteiger partial charge in [0.1, 0.15) is 24.0 Å². The van der Waals surface area contributed by atoms with Crippen molar-refractivity contribution in [3.8, 4) is 17.6 Å². The smallest absolute Gasteiger partial charge is 0.207 e. The molecule has 0 amide bonds. The number of ketones is 1. The first-order valence-electron chi connectivity index (χ1n) is 8.16. The number of furan rings is 1. The molecule has 0 saturated carbocycles. The highest BCUT2D eigenvalue weighted by molar-refractivity contribution is 7.09. The highest BCUT2D eigenvalue weighted by Gasteiger charge is 2.17. The third-order valence-corrected chi connectivity index (χ3v) is 4.77. The summed E-state index contributed by atoms with van der Waals surface area (Å²) in [7, 11) is 1.55. The molecular formula is C21H17NO4S. The van der Waals surface area contributed by atoms with Crippen molar-refractivity contribution in [2.45, 2.75) is 13.5 Å². The van der Waals surface area contributed by atoms with Crippen LogP contribution in [0.3, 0.4) is 0 Å². The molecule has 0 aliphatic carbocycles. The number of aryl methyl sites for hydroxylation is 1. The van der Waals surface area contributed by atoms with Gasteiger partial charge < -0.3 is 13.9 Å². The fraction of sp³-hybridized carbons (Fsp3) is 0.143. The molecule has 2 aromatic heterocycles. The van der Waals surface area contributed by atoms with Crippen molar-refractivity contribution in [2.24, 2.45) is 0 Å². The molecule has 0 radical (unpaired) electrons. The Morgan fingerprint density at radius 3 is 2.78 bits per heavy atom. The highest BCUT2D eigenvalue weighted by Crippen LogP contribution is 2.30. The maximum Gasteiger partial charge on any atom is 0.207 e. The summed E-state index contributed by atoms with van der Waals surface area (Å²) in [5.41, 5.74) is 1.07. The van der Waals surface area contributed by atoms with Crippen LogP contribution in [0.25, 0.3) is 6.08 Å². The highest BCUT2D eigenvalue weighted by atomic mass is 32.1. The van der Waals surface area contributed by atoms with Crippen LogP contribution >= 0.6 is 11.3 Å². The third-order valence-electron chi connectivity index (χ3n) is 3.92. The van der Waals surface area contributed by atoms with Crippen LogP contribution in [-0.4, -0.2) is 12.9 Å². The summed E-state index contributed by atoms with van der Waals surface area (Å²) in [6.45, 7) is 2.13. The zero-order chi connectivity index (χ0) is 19.2. The van der Waals surface area contributed by atoms with Crippen LogP contribution in [0.1, 0.15) is 26.6 Å². The number of benzene rings is 1. The van der Waals surface area contributed by atoms with E-state index in [2.05, 4.69) is 0 Å². The number of Topliss-reactive ketones (excluding diaryl/α,β-unsaturated/α-hetero) is 1. The van der Waals surface area contributed by atoms with Crippen molar-refractivity contribution in [3.05, 3.63) is 75.4 Å². The molecule has 0 spiro atoms. The van der Waals surface area contributed by atoms with Crippen LogP contribution in [0.5, 0.6) is 11.5 Å². The summed E-state index contributed by atoms with van der Waals surface area (Å²) in [4.78, 5) is 13.6. The summed E-state index contributed by atoms with van der Waals surface area (Å²) >= 11 is 1.62. The van der Waals surface area contributed by atoms with Gasteiger partial charge in [-0.05, 0) is 48.2 Å². The zero-order valence-corrected chi connectivity index (χ0v) is 15.7. The van der Waals surface area contributed by atoms with Gasteiger partial charge in [0, 0.05) is 4.88 Å². The van der Waals surface area contributed by atoms with E-state index >= 15 is 0 Å². The molecule has 6 heteroatoms. The summed E-state index contributed by atoms with van der Waals surface area (Å²) in [6.07, 6.45) is 2.96. The van der Waals surface area contributed by atoms with Crippen molar-refractivity contribution in [3.63, 3.8) is 0 Å². The Balaban J connectivity index is 1.83. The van der Waals surface area contributed by atoms with Crippen LogP contribution in [0.2, 0.25) is 0 Å². The van der Waals surface area contributed by atoms with Gasteiger partial charge >= 0.3 is 0 Å². The van der Waals surface area contributed by atoms with Gasteiger partial charge in [-0.25, -0.2) is 0 Å². The molecule has 27 heavy (non-hydrogen) atoms. The summed E-state index contributed by atoms with van der Waals surface area (Å²) in [5, 5.41) is 11.4. The van der Waals surface area contributed by atoms with E-state index in [4.69, 9.17) is 13.9 Å². The maximum absolute atomic E-state index is 12.5. The third kappa shape index (κ3) is 4.27. The van der Waals surface area contributed by atoms with Crippen molar-refractivity contribution in [1.29, 1.82) is 5.26 Å². The first-order chi connectivity index (χ1) is 13.1. The molecule has 5 nitrogen and oxygen atoms in total. The monoisotopic (exact) mass is 379 g/mol. The lowest BCUT2D eigenvalue weighted by Crippen LogP contribution is -2.02. The van der Waals surface area contributed by atoms with E-state index in [1.165, 1.54) is 12.3 Å². The van der Waals surface area contributed by atoms with Gasteiger partial charge in [-0.2, -0.15) is 5.26 Å². The van der Waals surface area contributed by atoms with Gasteiger partial charge in [0.25, 0.3) is 0 Å². The van der Waals surface area contributed by atoms with E-state index in [1.807, 2.05) is 23.6 Å². The normalized spacial score (nSPS) is 11.1. The van der Waals surface area contributed by atoms with Crippen LogP contribution in [-0.2, 0) is 6.61 Å². The minimum atomic E-state index is -0.374. The molecule has 0 aliphatic rings. The van der Waals surface area contributed by atoms with E-state index in [-0.39, 0.29) is 11.4 Å². The molecule has 0 N–H and O–H groups in total. The number of hydrogen-bond acceptors (Lipinski definition) is 6. The molecule has 3 aromatic rings. The number of hydrogen-bond donors (Lipinski definition) is 0. The number of rotatable bonds is 7. The largest absolute Gasteiger partial charge is 0.493 e. The predicted octanol–water partition coefficient (Wildman–Crippen LogP) is 5.03. The van der Waals surface area contributed by atoms with Gasteiger partial charge in [0.15, 0.2) is 11.5 Å². The van der Waals surface area contributed by atoms with Gasteiger partial charge in [-0.15, -0.1) is 11.3 Å². The molecule has 2 heterocycles. The van der Waals surface area contributed by atoms with Gasteiger partial charge in [-0.3, -0.25) is 4.79 Å². The molecule has 0 bridgehead atoms. The zero-order valence-electron chi connectivity index (χ0n) is 14.9. The van der Waals surface area contributed by atoms with Crippen LogP contribution < -0.4 is 9.47 Å². The Labute approximate surface area is 161 Å². The Kier molecular flexibility index (Phi) is 5.74. The molecule has 1 aromatic carbocycles. The topological polar surface area (TPSA) is 72.5 Å². The molecular weight excluding hydrogens is 362 g/mol. The van der Waals surface area contributed by atoms with Crippen molar-refractivity contribution >= 4 is 23.2 Å². The number of carbonyl (C=O) groups is 1. The Morgan fingerprint density at radius 2 is 2.15 bits per heavy atom.